The maximum atomic E-state index is 13.0. The maximum Gasteiger partial charge on any atom is 0.311 e. The lowest BCUT2D eigenvalue weighted by Gasteiger charge is -2.14. The van der Waals surface area contributed by atoms with Gasteiger partial charge in [-0.3, -0.25) is 9.59 Å². The van der Waals surface area contributed by atoms with Crippen LogP contribution in [0.15, 0.2) is 29.4 Å². The molecule has 0 bridgehead atoms. The average Bonchev–Trinajstić information content (AvgIpc) is 3.08. The summed E-state index contributed by atoms with van der Waals surface area (Å²) >= 11 is 1.40. The highest BCUT2D eigenvalue weighted by atomic mass is 32.2. The molecule has 2 aromatic heterocycles. The third kappa shape index (κ3) is 4.04. The van der Waals surface area contributed by atoms with Crippen LogP contribution in [-0.4, -0.2) is 43.7 Å². The molecule has 7 nitrogen and oxygen atoms in total. The minimum Gasteiger partial charge on any atom is -0.454 e. The highest BCUT2D eigenvalue weighted by Gasteiger charge is 2.22. The third-order valence-electron chi connectivity index (χ3n) is 4.34. The molecule has 0 aliphatic heterocycles. The number of esters is 1. The number of rotatable bonds is 6. The molecule has 2 heterocycles. The number of aromatic nitrogens is 4. The van der Waals surface area contributed by atoms with Crippen LogP contribution in [0.3, 0.4) is 0 Å². The van der Waals surface area contributed by atoms with E-state index in [0.29, 0.717) is 22.2 Å². The smallest absolute Gasteiger partial charge is 0.311 e. The van der Waals surface area contributed by atoms with Gasteiger partial charge in [0.05, 0.1) is 6.42 Å². The van der Waals surface area contributed by atoms with Gasteiger partial charge in [-0.2, -0.15) is 4.98 Å². The Morgan fingerprint density at radius 1 is 1.21 bits per heavy atom. The predicted octanol–water partition coefficient (Wildman–Crippen LogP) is 2.96. The lowest BCUT2D eigenvalue weighted by molar-refractivity contribution is -0.145. The molecule has 3 rings (SSSR count). The molecule has 0 N–H and O–H groups in total. The van der Waals surface area contributed by atoms with Crippen molar-refractivity contribution in [1.29, 1.82) is 0 Å². The van der Waals surface area contributed by atoms with E-state index >= 15 is 0 Å². The van der Waals surface area contributed by atoms with Gasteiger partial charge in [-0.25, -0.2) is 13.9 Å². The first kappa shape index (κ1) is 19.9. The minimum atomic E-state index is -0.982. The van der Waals surface area contributed by atoms with Gasteiger partial charge >= 0.3 is 5.97 Å². The van der Waals surface area contributed by atoms with Crippen molar-refractivity contribution < 1.29 is 18.7 Å². The first-order valence-corrected chi connectivity index (χ1v) is 9.78. The van der Waals surface area contributed by atoms with Crippen LogP contribution in [0, 0.1) is 19.7 Å². The number of aryl methyl sites for hydroxylation is 2. The molecular formula is C19H19FN4O3S. The number of ether oxygens (including phenoxy) is 1. The second-order valence-corrected chi connectivity index (χ2v) is 7.02. The first-order valence-electron chi connectivity index (χ1n) is 8.56. The Bertz CT molecular complexity index is 1050. The molecule has 0 radical (unpaired) electrons. The number of fused-ring (bicyclic) bond motifs is 1. The predicted molar refractivity (Wildman–Crippen MR) is 102 cm³/mol. The fourth-order valence-electron chi connectivity index (χ4n) is 2.82. The van der Waals surface area contributed by atoms with E-state index in [1.807, 2.05) is 13.2 Å². The summed E-state index contributed by atoms with van der Waals surface area (Å²) in [5.74, 6) is -0.916. The summed E-state index contributed by atoms with van der Waals surface area (Å²) in [4.78, 5) is 33.4. The van der Waals surface area contributed by atoms with E-state index in [2.05, 4.69) is 15.1 Å². The second kappa shape index (κ2) is 8.05. The lowest BCUT2D eigenvalue weighted by atomic mass is 10.1. The summed E-state index contributed by atoms with van der Waals surface area (Å²) in [7, 11) is 0. The Labute approximate surface area is 165 Å². The molecule has 146 valence electrons. The summed E-state index contributed by atoms with van der Waals surface area (Å²) in [6, 6.07) is 5.11. The Morgan fingerprint density at radius 3 is 2.54 bits per heavy atom. The van der Waals surface area contributed by atoms with E-state index in [0.717, 1.165) is 5.69 Å². The number of halogens is 1. The molecule has 0 aliphatic carbocycles. The van der Waals surface area contributed by atoms with Crippen LogP contribution in [0.25, 0.3) is 5.78 Å². The van der Waals surface area contributed by atoms with E-state index in [-0.39, 0.29) is 12.0 Å². The number of thioether (sulfide) groups is 1. The van der Waals surface area contributed by atoms with Crippen molar-refractivity contribution in [3.8, 4) is 0 Å². The first-order chi connectivity index (χ1) is 13.3. The van der Waals surface area contributed by atoms with Gasteiger partial charge in [0.2, 0.25) is 10.9 Å². The topological polar surface area (TPSA) is 86.5 Å². The molecule has 1 unspecified atom stereocenters. The molecule has 1 aromatic carbocycles. The van der Waals surface area contributed by atoms with Gasteiger partial charge in [0, 0.05) is 22.5 Å². The van der Waals surface area contributed by atoms with E-state index in [1.165, 1.54) is 43.0 Å². The van der Waals surface area contributed by atoms with Gasteiger partial charge in [-0.15, -0.1) is 5.10 Å². The van der Waals surface area contributed by atoms with Gasteiger partial charge in [0.25, 0.3) is 5.78 Å². The quantitative estimate of drug-likeness (QED) is 0.356. The fourth-order valence-corrected chi connectivity index (χ4v) is 3.15. The van der Waals surface area contributed by atoms with Crippen molar-refractivity contribution in [2.24, 2.45) is 0 Å². The summed E-state index contributed by atoms with van der Waals surface area (Å²) in [6.07, 6.45) is 0.843. The summed E-state index contributed by atoms with van der Waals surface area (Å²) in [5.41, 5.74) is 2.35. The second-order valence-electron chi connectivity index (χ2n) is 6.25. The molecule has 28 heavy (non-hydrogen) atoms. The van der Waals surface area contributed by atoms with Crippen LogP contribution in [0.2, 0.25) is 0 Å². The third-order valence-corrected chi connectivity index (χ3v) is 4.88. The van der Waals surface area contributed by atoms with Crippen LogP contribution in [-0.2, 0) is 16.0 Å². The van der Waals surface area contributed by atoms with Crippen molar-refractivity contribution in [1.82, 2.24) is 19.6 Å². The highest BCUT2D eigenvalue weighted by Crippen LogP contribution is 2.18. The number of nitrogens with zero attached hydrogens (tertiary/aromatic N) is 4. The fraction of sp³-hybridized carbons (Fsp3) is 0.316. The lowest BCUT2D eigenvalue weighted by Crippen LogP contribution is -2.26. The Hall–Kier alpha value is -2.81. The zero-order valence-corrected chi connectivity index (χ0v) is 16.7. The molecule has 0 saturated carbocycles. The molecule has 0 amide bonds. The van der Waals surface area contributed by atoms with Crippen molar-refractivity contribution in [2.75, 3.05) is 6.26 Å². The van der Waals surface area contributed by atoms with Crippen LogP contribution in [0.4, 0.5) is 4.39 Å². The molecule has 0 fully saturated rings. The van der Waals surface area contributed by atoms with E-state index in [4.69, 9.17) is 4.74 Å². The SMILES string of the molecule is CSc1nc2nc(C)c(CC(=O)OC(C)C(=O)c3ccc(F)cc3)c(C)n2n1. The summed E-state index contributed by atoms with van der Waals surface area (Å²) in [5, 5.41) is 4.94. The number of carbonyl (C=O) groups is 2. The highest BCUT2D eigenvalue weighted by molar-refractivity contribution is 7.98. The zero-order valence-electron chi connectivity index (χ0n) is 15.9. The van der Waals surface area contributed by atoms with E-state index in [9.17, 15) is 14.0 Å². The van der Waals surface area contributed by atoms with Gasteiger partial charge < -0.3 is 4.74 Å². The molecule has 0 saturated heterocycles. The Balaban J connectivity index is 1.75. The Kier molecular flexibility index (Phi) is 5.73. The van der Waals surface area contributed by atoms with Crippen molar-refractivity contribution in [3.63, 3.8) is 0 Å². The average molecular weight is 402 g/mol. The van der Waals surface area contributed by atoms with E-state index in [1.54, 1.807) is 11.4 Å². The monoisotopic (exact) mass is 402 g/mol. The van der Waals surface area contributed by atoms with Crippen molar-refractivity contribution in [2.45, 2.75) is 38.5 Å². The summed E-state index contributed by atoms with van der Waals surface area (Å²) in [6.45, 7) is 5.11. The van der Waals surface area contributed by atoms with Crippen LogP contribution in [0.5, 0.6) is 0 Å². The van der Waals surface area contributed by atoms with Gasteiger partial charge in [0.1, 0.15) is 5.82 Å². The molecule has 0 aliphatic rings. The van der Waals surface area contributed by atoms with Crippen molar-refractivity contribution >= 4 is 29.3 Å². The molecule has 9 heteroatoms. The summed E-state index contributed by atoms with van der Waals surface area (Å²) < 4.78 is 19.9. The van der Waals surface area contributed by atoms with Crippen molar-refractivity contribution in [3.05, 3.63) is 52.6 Å². The maximum absolute atomic E-state index is 13.0. The van der Waals surface area contributed by atoms with E-state index < -0.39 is 23.7 Å². The number of hydrogen-bond donors (Lipinski definition) is 0. The number of carbonyl (C=O) groups excluding carboxylic acids is 2. The molecule has 1 atom stereocenters. The normalized spacial score (nSPS) is 12.2. The molecule has 3 aromatic rings. The molecular weight excluding hydrogens is 383 g/mol. The zero-order chi connectivity index (χ0) is 20.4. The number of benzene rings is 1. The molecule has 0 spiro atoms. The van der Waals surface area contributed by atoms with Gasteiger partial charge in [-0.1, -0.05) is 11.8 Å². The Morgan fingerprint density at radius 2 is 1.89 bits per heavy atom. The van der Waals surface area contributed by atoms with Gasteiger partial charge in [0.15, 0.2) is 6.10 Å². The number of Topliss-reactive ketones (excluding diaryl/α,β-unsaturated/α-hetero) is 1. The largest absolute Gasteiger partial charge is 0.454 e. The number of hydrogen-bond acceptors (Lipinski definition) is 7. The van der Waals surface area contributed by atoms with Crippen LogP contribution in [0.1, 0.15) is 34.2 Å². The standard InChI is InChI=1S/C19H19FN4O3S/c1-10-15(11(2)24-18(21-10)22-19(23-24)28-4)9-16(25)27-12(3)17(26)13-5-7-14(20)8-6-13/h5-8,12H,9H2,1-4H3. The van der Waals surface area contributed by atoms with Crippen LogP contribution < -0.4 is 0 Å². The van der Waals surface area contributed by atoms with Gasteiger partial charge in [-0.05, 0) is 51.3 Å². The van der Waals surface area contributed by atoms with Crippen LogP contribution >= 0.6 is 11.8 Å². The number of ketones is 1. The minimum absolute atomic E-state index is 0.0455.